The highest BCUT2D eigenvalue weighted by Gasteiger charge is 2.20. The third-order valence-corrected chi connectivity index (χ3v) is 3.71. The number of para-hydroxylation sites is 1. The first-order chi connectivity index (χ1) is 8.74. The Bertz CT molecular complexity index is 392. The molecule has 1 heterocycles. The van der Waals surface area contributed by atoms with E-state index in [-0.39, 0.29) is 0 Å². The lowest BCUT2D eigenvalue weighted by Gasteiger charge is -2.31. The van der Waals surface area contributed by atoms with E-state index in [1.165, 1.54) is 25.7 Å². The van der Waals surface area contributed by atoms with E-state index < -0.39 is 0 Å². The van der Waals surface area contributed by atoms with Gasteiger partial charge < -0.3 is 15.4 Å². The van der Waals surface area contributed by atoms with E-state index in [4.69, 9.17) is 10.5 Å². The molecule has 0 aromatic heterocycles. The molecule has 3 nitrogen and oxygen atoms in total. The average molecular weight is 248 g/mol. The van der Waals surface area contributed by atoms with Crippen LogP contribution in [0.25, 0.3) is 0 Å². The molecule has 0 saturated carbocycles. The van der Waals surface area contributed by atoms with Crippen molar-refractivity contribution >= 4 is 11.4 Å². The van der Waals surface area contributed by atoms with Crippen molar-refractivity contribution in [3.63, 3.8) is 0 Å². The Hall–Kier alpha value is -1.38. The van der Waals surface area contributed by atoms with Crippen LogP contribution in [-0.2, 0) is 0 Å². The Labute approximate surface area is 110 Å². The van der Waals surface area contributed by atoms with Gasteiger partial charge in [0.1, 0.15) is 5.75 Å². The first kappa shape index (κ1) is 13.1. The van der Waals surface area contributed by atoms with Gasteiger partial charge in [0.25, 0.3) is 0 Å². The maximum absolute atomic E-state index is 6.25. The SMILES string of the molecule is CCOc1cccc(N2CCCCCC2C)c1N. The first-order valence-corrected chi connectivity index (χ1v) is 7.02. The van der Waals surface area contributed by atoms with Crippen molar-refractivity contribution in [1.29, 1.82) is 0 Å². The number of nitrogen functional groups attached to an aromatic ring is 1. The van der Waals surface area contributed by atoms with Gasteiger partial charge in [-0.05, 0) is 38.8 Å². The summed E-state index contributed by atoms with van der Waals surface area (Å²) < 4.78 is 5.58. The van der Waals surface area contributed by atoms with Gasteiger partial charge in [-0.1, -0.05) is 18.9 Å². The summed E-state index contributed by atoms with van der Waals surface area (Å²) in [5.74, 6) is 0.812. The molecule has 3 heteroatoms. The first-order valence-electron chi connectivity index (χ1n) is 7.02. The third-order valence-electron chi connectivity index (χ3n) is 3.71. The van der Waals surface area contributed by atoms with Gasteiger partial charge in [-0.3, -0.25) is 0 Å². The zero-order valence-electron chi connectivity index (χ0n) is 11.5. The van der Waals surface area contributed by atoms with Crippen LogP contribution in [0, 0.1) is 0 Å². The van der Waals surface area contributed by atoms with E-state index in [1.807, 2.05) is 19.1 Å². The zero-order chi connectivity index (χ0) is 13.0. The fraction of sp³-hybridized carbons (Fsp3) is 0.600. The van der Waals surface area contributed by atoms with Crippen LogP contribution in [0.5, 0.6) is 5.75 Å². The number of hydrogen-bond donors (Lipinski definition) is 1. The van der Waals surface area contributed by atoms with Crippen molar-refractivity contribution in [1.82, 2.24) is 0 Å². The number of nitrogens with two attached hydrogens (primary N) is 1. The minimum atomic E-state index is 0.562. The number of anilines is 2. The number of rotatable bonds is 3. The minimum Gasteiger partial charge on any atom is -0.492 e. The van der Waals surface area contributed by atoms with E-state index in [9.17, 15) is 0 Å². The van der Waals surface area contributed by atoms with Crippen molar-refractivity contribution in [2.24, 2.45) is 0 Å². The van der Waals surface area contributed by atoms with Crippen molar-refractivity contribution < 1.29 is 4.74 Å². The van der Waals surface area contributed by atoms with Gasteiger partial charge in [-0.15, -0.1) is 0 Å². The summed E-state index contributed by atoms with van der Waals surface area (Å²) in [7, 11) is 0. The third kappa shape index (κ3) is 2.71. The predicted molar refractivity (Wildman–Crippen MR) is 77.3 cm³/mol. The molecule has 0 radical (unpaired) electrons. The molecule has 0 aliphatic carbocycles. The van der Waals surface area contributed by atoms with Crippen LogP contribution in [0.1, 0.15) is 39.5 Å². The molecular weight excluding hydrogens is 224 g/mol. The van der Waals surface area contributed by atoms with Crippen molar-refractivity contribution in [2.75, 3.05) is 23.8 Å². The molecule has 1 fully saturated rings. The van der Waals surface area contributed by atoms with Crippen LogP contribution in [0.15, 0.2) is 18.2 Å². The second-order valence-electron chi connectivity index (χ2n) is 5.01. The van der Waals surface area contributed by atoms with Crippen LogP contribution < -0.4 is 15.4 Å². The highest BCUT2D eigenvalue weighted by molar-refractivity contribution is 5.74. The molecule has 1 aliphatic rings. The molecule has 1 unspecified atom stereocenters. The molecule has 0 bridgehead atoms. The quantitative estimate of drug-likeness (QED) is 0.833. The molecule has 18 heavy (non-hydrogen) atoms. The topological polar surface area (TPSA) is 38.5 Å². The maximum atomic E-state index is 6.25. The molecule has 2 rings (SSSR count). The molecule has 2 N–H and O–H groups in total. The van der Waals surface area contributed by atoms with Crippen LogP contribution in [0.2, 0.25) is 0 Å². The summed E-state index contributed by atoms with van der Waals surface area (Å²) in [6, 6.07) is 6.66. The Morgan fingerprint density at radius 1 is 1.33 bits per heavy atom. The normalized spacial score (nSPS) is 20.6. The van der Waals surface area contributed by atoms with Gasteiger partial charge in [-0.25, -0.2) is 0 Å². The summed E-state index contributed by atoms with van der Waals surface area (Å²) in [5.41, 5.74) is 8.17. The fourth-order valence-corrected chi connectivity index (χ4v) is 2.70. The second kappa shape index (κ2) is 5.98. The number of hydrogen-bond acceptors (Lipinski definition) is 3. The van der Waals surface area contributed by atoms with Crippen molar-refractivity contribution in [2.45, 2.75) is 45.6 Å². The Morgan fingerprint density at radius 2 is 2.17 bits per heavy atom. The molecule has 1 aliphatic heterocycles. The van der Waals surface area contributed by atoms with Crippen LogP contribution in [0.3, 0.4) is 0 Å². The van der Waals surface area contributed by atoms with E-state index in [2.05, 4.69) is 17.9 Å². The summed E-state index contributed by atoms with van der Waals surface area (Å²) in [6.07, 6.45) is 5.15. The summed E-state index contributed by atoms with van der Waals surface area (Å²) in [6.45, 7) is 6.03. The maximum Gasteiger partial charge on any atom is 0.144 e. The smallest absolute Gasteiger partial charge is 0.144 e. The molecule has 0 amide bonds. The Morgan fingerprint density at radius 3 is 2.94 bits per heavy atom. The second-order valence-corrected chi connectivity index (χ2v) is 5.01. The van der Waals surface area contributed by atoms with Gasteiger partial charge in [0.2, 0.25) is 0 Å². The lowest BCUT2D eigenvalue weighted by Crippen LogP contribution is -2.33. The van der Waals surface area contributed by atoms with Crippen LogP contribution in [-0.4, -0.2) is 19.2 Å². The molecule has 1 atom stereocenters. The highest BCUT2D eigenvalue weighted by Crippen LogP contribution is 2.35. The lowest BCUT2D eigenvalue weighted by molar-refractivity contribution is 0.342. The summed E-state index contributed by atoms with van der Waals surface area (Å²) in [4.78, 5) is 2.44. The van der Waals surface area contributed by atoms with Gasteiger partial charge in [0.05, 0.1) is 18.0 Å². The predicted octanol–water partition coefficient (Wildman–Crippen LogP) is 3.44. The zero-order valence-corrected chi connectivity index (χ0v) is 11.5. The average Bonchev–Trinajstić information content (AvgIpc) is 2.57. The molecule has 1 aromatic carbocycles. The largest absolute Gasteiger partial charge is 0.492 e. The van der Waals surface area contributed by atoms with E-state index >= 15 is 0 Å². The lowest BCUT2D eigenvalue weighted by atomic mass is 10.1. The summed E-state index contributed by atoms with van der Waals surface area (Å²) >= 11 is 0. The Kier molecular flexibility index (Phi) is 4.34. The van der Waals surface area contributed by atoms with Crippen LogP contribution >= 0.6 is 0 Å². The Balaban J connectivity index is 2.28. The molecule has 1 saturated heterocycles. The summed E-state index contributed by atoms with van der Waals surface area (Å²) in [5, 5.41) is 0. The number of nitrogens with zero attached hydrogens (tertiary/aromatic N) is 1. The molecule has 100 valence electrons. The highest BCUT2D eigenvalue weighted by atomic mass is 16.5. The van der Waals surface area contributed by atoms with E-state index in [1.54, 1.807) is 0 Å². The van der Waals surface area contributed by atoms with Gasteiger partial charge in [0.15, 0.2) is 0 Å². The molecule has 0 spiro atoms. The van der Waals surface area contributed by atoms with Crippen molar-refractivity contribution in [3.05, 3.63) is 18.2 Å². The van der Waals surface area contributed by atoms with Gasteiger partial charge in [0, 0.05) is 12.6 Å². The van der Waals surface area contributed by atoms with Crippen LogP contribution in [0.4, 0.5) is 11.4 Å². The van der Waals surface area contributed by atoms with E-state index in [0.717, 1.165) is 23.7 Å². The molecular formula is C15H24N2O. The monoisotopic (exact) mass is 248 g/mol. The molecule has 1 aromatic rings. The fourth-order valence-electron chi connectivity index (χ4n) is 2.70. The number of benzene rings is 1. The van der Waals surface area contributed by atoms with Gasteiger partial charge in [-0.2, -0.15) is 0 Å². The van der Waals surface area contributed by atoms with Gasteiger partial charge >= 0.3 is 0 Å². The minimum absolute atomic E-state index is 0.562. The number of ether oxygens (including phenoxy) is 1. The standard InChI is InChI=1S/C15H24N2O/c1-3-18-14-10-7-9-13(15(14)16)17-11-6-4-5-8-12(17)2/h7,9-10,12H,3-6,8,11,16H2,1-2H3. The van der Waals surface area contributed by atoms with E-state index in [0.29, 0.717) is 12.6 Å². The van der Waals surface area contributed by atoms with Crippen molar-refractivity contribution in [3.8, 4) is 5.75 Å².